The summed E-state index contributed by atoms with van der Waals surface area (Å²) in [6.07, 6.45) is 4.63. The second-order valence-corrected chi connectivity index (χ2v) is 4.95. The van der Waals surface area contributed by atoms with E-state index in [1.54, 1.807) is 0 Å². The Bertz CT molecular complexity index is 287. The van der Waals surface area contributed by atoms with Gasteiger partial charge >= 0.3 is 0 Å². The molecule has 2 saturated heterocycles. The number of nitrogens with one attached hydrogen (secondary N) is 3. The highest BCUT2D eigenvalue weighted by Gasteiger charge is 2.26. The summed E-state index contributed by atoms with van der Waals surface area (Å²) in [6.45, 7) is 2.91. The number of rotatable bonds is 4. The van der Waals surface area contributed by atoms with Gasteiger partial charge in [-0.1, -0.05) is 0 Å². The van der Waals surface area contributed by atoms with Crippen molar-refractivity contribution in [3.63, 3.8) is 0 Å². The maximum atomic E-state index is 11.7. The Labute approximate surface area is 102 Å². The zero-order valence-electron chi connectivity index (χ0n) is 10.1. The van der Waals surface area contributed by atoms with Gasteiger partial charge in [0.05, 0.1) is 0 Å². The Morgan fingerprint density at radius 2 is 2.29 bits per heavy atom. The summed E-state index contributed by atoms with van der Waals surface area (Å²) >= 11 is 0. The van der Waals surface area contributed by atoms with Crippen molar-refractivity contribution < 1.29 is 9.59 Å². The number of piperidine rings is 1. The van der Waals surface area contributed by atoms with Crippen LogP contribution in [0.25, 0.3) is 0 Å². The van der Waals surface area contributed by atoms with Gasteiger partial charge in [0.15, 0.2) is 0 Å². The smallest absolute Gasteiger partial charge is 0.242 e. The number of carbonyl (C=O) groups excluding carboxylic acids is 2. The normalized spacial score (nSPS) is 28.8. The van der Waals surface area contributed by atoms with Crippen molar-refractivity contribution in [2.24, 2.45) is 5.92 Å². The van der Waals surface area contributed by atoms with Crippen molar-refractivity contribution in [1.29, 1.82) is 0 Å². The second-order valence-electron chi connectivity index (χ2n) is 4.95. The highest BCUT2D eigenvalue weighted by molar-refractivity contribution is 5.90. The van der Waals surface area contributed by atoms with Gasteiger partial charge in [-0.05, 0) is 44.7 Å². The van der Waals surface area contributed by atoms with Crippen LogP contribution in [0, 0.1) is 5.92 Å². The van der Waals surface area contributed by atoms with Gasteiger partial charge in [0.25, 0.3) is 0 Å². The third kappa shape index (κ3) is 3.70. The first kappa shape index (κ1) is 12.4. The van der Waals surface area contributed by atoms with E-state index in [0.717, 1.165) is 26.1 Å². The molecule has 5 nitrogen and oxygen atoms in total. The lowest BCUT2D eigenvalue weighted by Gasteiger charge is -2.22. The van der Waals surface area contributed by atoms with Crippen LogP contribution in [0.15, 0.2) is 0 Å². The molecule has 3 N–H and O–H groups in total. The van der Waals surface area contributed by atoms with Crippen LogP contribution in [0.5, 0.6) is 0 Å². The van der Waals surface area contributed by atoms with Crippen LogP contribution >= 0.6 is 0 Å². The van der Waals surface area contributed by atoms with Crippen molar-refractivity contribution >= 4 is 11.8 Å². The topological polar surface area (TPSA) is 70.2 Å². The molecular weight excluding hydrogens is 218 g/mol. The average molecular weight is 239 g/mol. The Hall–Kier alpha value is -1.10. The third-order valence-corrected chi connectivity index (χ3v) is 3.56. The summed E-state index contributed by atoms with van der Waals surface area (Å²) in [5.41, 5.74) is 0. The molecule has 0 radical (unpaired) electrons. The molecule has 2 amide bonds. The summed E-state index contributed by atoms with van der Waals surface area (Å²) in [4.78, 5) is 22.7. The molecule has 5 heteroatoms. The number of amides is 2. The van der Waals surface area contributed by atoms with Gasteiger partial charge in [-0.25, -0.2) is 0 Å². The molecule has 2 atom stereocenters. The molecule has 96 valence electrons. The summed E-state index contributed by atoms with van der Waals surface area (Å²) in [6, 6.07) is -0.299. The molecule has 17 heavy (non-hydrogen) atoms. The molecule has 0 aliphatic carbocycles. The lowest BCUT2D eigenvalue weighted by Crippen LogP contribution is -2.42. The largest absolute Gasteiger partial charge is 0.354 e. The van der Waals surface area contributed by atoms with E-state index in [4.69, 9.17) is 0 Å². The first-order chi connectivity index (χ1) is 8.25. The van der Waals surface area contributed by atoms with Crippen LogP contribution in [0.4, 0.5) is 0 Å². The first-order valence-corrected chi connectivity index (χ1v) is 6.53. The van der Waals surface area contributed by atoms with Gasteiger partial charge in [-0.3, -0.25) is 9.59 Å². The van der Waals surface area contributed by atoms with Gasteiger partial charge < -0.3 is 16.0 Å². The highest BCUT2D eigenvalue weighted by Crippen LogP contribution is 2.13. The van der Waals surface area contributed by atoms with Gasteiger partial charge in [0.2, 0.25) is 11.8 Å². The van der Waals surface area contributed by atoms with Crippen molar-refractivity contribution in [2.45, 2.75) is 38.1 Å². The fourth-order valence-electron chi connectivity index (χ4n) is 2.50. The third-order valence-electron chi connectivity index (χ3n) is 3.56. The zero-order chi connectivity index (χ0) is 12.1. The quantitative estimate of drug-likeness (QED) is 0.635. The Balaban J connectivity index is 1.61. The van der Waals surface area contributed by atoms with E-state index >= 15 is 0 Å². The Morgan fingerprint density at radius 3 is 2.94 bits per heavy atom. The van der Waals surface area contributed by atoms with Crippen LogP contribution < -0.4 is 16.0 Å². The maximum Gasteiger partial charge on any atom is 0.242 e. The predicted octanol–water partition coefficient (Wildman–Crippen LogP) is -0.229. The molecule has 0 aromatic heterocycles. The van der Waals surface area contributed by atoms with Crippen molar-refractivity contribution in [3.05, 3.63) is 0 Å². The summed E-state index contributed by atoms with van der Waals surface area (Å²) in [5, 5.41) is 8.95. The molecule has 0 bridgehead atoms. The average Bonchev–Trinajstić information content (AvgIpc) is 2.77. The van der Waals surface area contributed by atoms with E-state index in [-0.39, 0.29) is 17.9 Å². The SMILES string of the molecule is O=C1CC[C@H](C(=O)NCCC2CCCNC2)N1. The standard InChI is InChI=1S/C12H21N3O2/c16-11-4-3-10(15-11)12(17)14-7-5-9-2-1-6-13-8-9/h9-10,13H,1-8H2,(H,14,17)(H,15,16)/t9?,10-/m1/s1. The minimum absolute atomic E-state index is 0.0124. The number of hydrogen-bond donors (Lipinski definition) is 3. The molecule has 2 aliphatic heterocycles. The zero-order valence-corrected chi connectivity index (χ0v) is 10.1. The molecular formula is C12H21N3O2. The predicted molar refractivity (Wildman–Crippen MR) is 64.4 cm³/mol. The number of hydrogen-bond acceptors (Lipinski definition) is 3. The summed E-state index contributed by atoms with van der Waals surface area (Å²) in [5.74, 6) is 0.642. The second kappa shape index (κ2) is 6.00. The fraction of sp³-hybridized carbons (Fsp3) is 0.833. The fourth-order valence-corrected chi connectivity index (χ4v) is 2.50. The first-order valence-electron chi connectivity index (χ1n) is 6.53. The highest BCUT2D eigenvalue weighted by atomic mass is 16.2. The van der Waals surface area contributed by atoms with Crippen molar-refractivity contribution in [1.82, 2.24) is 16.0 Å². The van der Waals surface area contributed by atoms with E-state index in [9.17, 15) is 9.59 Å². The molecule has 2 fully saturated rings. The number of carbonyl (C=O) groups is 2. The van der Waals surface area contributed by atoms with Crippen LogP contribution in [-0.4, -0.2) is 37.5 Å². The van der Waals surface area contributed by atoms with Gasteiger partial charge in [0.1, 0.15) is 6.04 Å². The molecule has 0 saturated carbocycles. The van der Waals surface area contributed by atoms with Gasteiger partial charge in [0, 0.05) is 13.0 Å². The molecule has 2 heterocycles. The van der Waals surface area contributed by atoms with Crippen molar-refractivity contribution in [3.8, 4) is 0 Å². The molecule has 1 unspecified atom stereocenters. The molecule has 0 aromatic carbocycles. The maximum absolute atomic E-state index is 11.7. The Kier molecular flexibility index (Phi) is 4.36. The van der Waals surface area contributed by atoms with E-state index < -0.39 is 0 Å². The molecule has 2 rings (SSSR count). The lowest BCUT2D eigenvalue weighted by molar-refractivity contribution is -0.125. The summed E-state index contributed by atoms with van der Waals surface area (Å²) in [7, 11) is 0. The monoisotopic (exact) mass is 239 g/mol. The van der Waals surface area contributed by atoms with Crippen LogP contribution in [0.1, 0.15) is 32.1 Å². The molecule has 0 spiro atoms. The van der Waals surface area contributed by atoms with E-state index in [1.807, 2.05) is 0 Å². The van der Waals surface area contributed by atoms with Crippen LogP contribution in [0.3, 0.4) is 0 Å². The van der Waals surface area contributed by atoms with E-state index in [0.29, 0.717) is 18.8 Å². The van der Waals surface area contributed by atoms with Gasteiger partial charge in [-0.15, -0.1) is 0 Å². The van der Waals surface area contributed by atoms with Crippen LogP contribution in [0.2, 0.25) is 0 Å². The summed E-state index contributed by atoms with van der Waals surface area (Å²) < 4.78 is 0. The van der Waals surface area contributed by atoms with Crippen LogP contribution in [-0.2, 0) is 9.59 Å². The van der Waals surface area contributed by atoms with Crippen molar-refractivity contribution in [2.75, 3.05) is 19.6 Å². The van der Waals surface area contributed by atoms with E-state index in [1.165, 1.54) is 12.8 Å². The van der Waals surface area contributed by atoms with Gasteiger partial charge in [-0.2, -0.15) is 0 Å². The minimum Gasteiger partial charge on any atom is -0.354 e. The lowest BCUT2D eigenvalue weighted by atomic mass is 9.96. The Morgan fingerprint density at radius 1 is 1.41 bits per heavy atom. The minimum atomic E-state index is -0.299. The molecule has 0 aromatic rings. The molecule has 2 aliphatic rings. The van der Waals surface area contributed by atoms with E-state index in [2.05, 4.69) is 16.0 Å².